The van der Waals surface area contributed by atoms with Gasteiger partial charge in [0.1, 0.15) is 5.69 Å². The van der Waals surface area contributed by atoms with Crippen LogP contribution in [0.1, 0.15) is 23.8 Å². The van der Waals surface area contributed by atoms with Crippen LogP contribution in [-0.2, 0) is 6.54 Å². The molecule has 0 spiro atoms. The molecule has 2 aromatic heterocycles. The molecule has 0 aliphatic heterocycles. The highest BCUT2D eigenvalue weighted by Crippen LogP contribution is 2.21. The minimum absolute atomic E-state index is 0.161. The van der Waals surface area contributed by atoms with E-state index in [1.54, 1.807) is 0 Å². The number of H-pyrrole nitrogens is 1. The Bertz CT molecular complexity index is 790. The molecule has 0 saturated carbocycles. The van der Waals surface area contributed by atoms with Crippen molar-refractivity contribution in [3.8, 4) is 0 Å². The van der Waals surface area contributed by atoms with Crippen molar-refractivity contribution in [3.63, 3.8) is 0 Å². The number of fused-ring (bicyclic) bond motifs is 1. The third-order valence-corrected chi connectivity index (χ3v) is 3.70. The number of para-hydroxylation sites is 1. The van der Waals surface area contributed by atoms with Gasteiger partial charge in [-0.2, -0.15) is 5.10 Å². The second kappa shape index (κ2) is 5.73. The lowest BCUT2D eigenvalue weighted by Crippen LogP contribution is -2.17. The molecule has 1 amide bonds. The number of carbonyl (C=O) groups is 1. The standard InChI is InChI=1S/C15H15BrN4O/c1-2-7-20-9-10(16)8-13(20)15(21)17-14-11-5-3-4-6-12(11)18-19-14/h3-6,8-9H,2,7H2,1H3,(H2,17,18,19,21). The van der Waals surface area contributed by atoms with Crippen molar-refractivity contribution < 1.29 is 4.79 Å². The Labute approximate surface area is 130 Å². The fourth-order valence-electron chi connectivity index (χ4n) is 2.32. The molecule has 0 fully saturated rings. The minimum atomic E-state index is -0.161. The van der Waals surface area contributed by atoms with E-state index in [1.165, 1.54) is 0 Å². The maximum Gasteiger partial charge on any atom is 0.273 e. The molecule has 6 heteroatoms. The summed E-state index contributed by atoms with van der Waals surface area (Å²) in [6.45, 7) is 2.88. The normalized spacial score (nSPS) is 11.0. The van der Waals surface area contributed by atoms with Crippen molar-refractivity contribution in [1.29, 1.82) is 0 Å². The van der Waals surface area contributed by atoms with Gasteiger partial charge in [0.05, 0.1) is 5.52 Å². The minimum Gasteiger partial charge on any atom is -0.342 e. The molecule has 108 valence electrons. The Morgan fingerprint density at radius 3 is 3.05 bits per heavy atom. The van der Waals surface area contributed by atoms with Crippen LogP contribution in [0, 0.1) is 0 Å². The van der Waals surface area contributed by atoms with Crippen LogP contribution in [0.3, 0.4) is 0 Å². The van der Waals surface area contributed by atoms with E-state index in [-0.39, 0.29) is 5.91 Å². The molecular formula is C15H15BrN4O. The van der Waals surface area contributed by atoms with Crippen molar-refractivity contribution in [3.05, 3.63) is 46.7 Å². The molecule has 1 aromatic carbocycles. The van der Waals surface area contributed by atoms with Crippen molar-refractivity contribution >= 4 is 38.6 Å². The number of nitrogens with one attached hydrogen (secondary N) is 2. The molecule has 0 atom stereocenters. The van der Waals surface area contributed by atoms with Gasteiger partial charge in [-0.15, -0.1) is 0 Å². The van der Waals surface area contributed by atoms with Crippen LogP contribution >= 0.6 is 15.9 Å². The number of hydrogen-bond acceptors (Lipinski definition) is 2. The molecule has 0 aliphatic rings. The highest BCUT2D eigenvalue weighted by Gasteiger charge is 2.15. The van der Waals surface area contributed by atoms with E-state index < -0.39 is 0 Å². The van der Waals surface area contributed by atoms with Gasteiger partial charge in [0.15, 0.2) is 5.82 Å². The number of rotatable bonds is 4. The third kappa shape index (κ3) is 2.71. The first-order valence-electron chi connectivity index (χ1n) is 6.79. The molecule has 3 aromatic rings. The van der Waals surface area contributed by atoms with Crippen LogP contribution in [-0.4, -0.2) is 20.7 Å². The van der Waals surface area contributed by atoms with E-state index in [9.17, 15) is 4.79 Å². The molecule has 0 radical (unpaired) electrons. The Morgan fingerprint density at radius 1 is 1.43 bits per heavy atom. The number of aryl methyl sites for hydroxylation is 1. The van der Waals surface area contributed by atoms with Gasteiger partial charge in [-0.1, -0.05) is 19.1 Å². The molecule has 0 saturated heterocycles. The van der Waals surface area contributed by atoms with Crippen LogP contribution < -0.4 is 5.32 Å². The van der Waals surface area contributed by atoms with E-state index in [1.807, 2.05) is 41.1 Å². The van der Waals surface area contributed by atoms with Crippen molar-refractivity contribution in [2.24, 2.45) is 0 Å². The predicted octanol–water partition coefficient (Wildman–Crippen LogP) is 3.79. The predicted molar refractivity (Wildman–Crippen MR) is 86.5 cm³/mol. The smallest absolute Gasteiger partial charge is 0.273 e. The number of carbonyl (C=O) groups excluding carboxylic acids is 1. The van der Waals surface area contributed by atoms with Gasteiger partial charge in [-0.25, -0.2) is 0 Å². The molecule has 21 heavy (non-hydrogen) atoms. The molecule has 3 rings (SSSR count). The summed E-state index contributed by atoms with van der Waals surface area (Å²) in [6.07, 6.45) is 2.88. The second-order valence-corrected chi connectivity index (χ2v) is 5.72. The quantitative estimate of drug-likeness (QED) is 0.754. The lowest BCUT2D eigenvalue weighted by atomic mass is 10.2. The van der Waals surface area contributed by atoms with Gasteiger partial charge in [0, 0.05) is 22.6 Å². The number of amides is 1. The number of aromatic nitrogens is 3. The molecule has 0 aliphatic carbocycles. The number of benzene rings is 1. The van der Waals surface area contributed by atoms with Crippen LogP contribution in [0.2, 0.25) is 0 Å². The zero-order valence-electron chi connectivity index (χ0n) is 11.6. The third-order valence-electron chi connectivity index (χ3n) is 3.26. The van der Waals surface area contributed by atoms with Gasteiger partial charge < -0.3 is 9.88 Å². The average molecular weight is 347 g/mol. The van der Waals surface area contributed by atoms with Gasteiger partial charge in [-0.05, 0) is 40.5 Å². The van der Waals surface area contributed by atoms with E-state index in [0.717, 1.165) is 28.3 Å². The molecular weight excluding hydrogens is 332 g/mol. The number of anilines is 1. The van der Waals surface area contributed by atoms with Crippen LogP contribution in [0.5, 0.6) is 0 Å². The van der Waals surface area contributed by atoms with Crippen LogP contribution in [0.25, 0.3) is 10.9 Å². The van der Waals surface area contributed by atoms with E-state index >= 15 is 0 Å². The first-order chi connectivity index (χ1) is 10.2. The fraction of sp³-hybridized carbons (Fsp3) is 0.200. The summed E-state index contributed by atoms with van der Waals surface area (Å²) in [4.78, 5) is 12.5. The summed E-state index contributed by atoms with van der Waals surface area (Å²) >= 11 is 3.42. The zero-order chi connectivity index (χ0) is 14.8. The first-order valence-corrected chi connectivity index (χ1v) is 7.58. The fourth-order valence-corrected chi connectivity index (χ4v) is 2.79. The van der Waals surface area contributed by atoms with Gasteiger partial charge >= 0.3 is 0 Å². The lowest BCUT2D eigenvalue weighted by Gasteiger charge is -2.07. The maximum atomic E-state index is 12.5. The van der Waals surface area contributed by atoms with Crippen LogP contribution in [0.15, 0.2) is 41.0 Å². The molecule has 0 bridgehead atoms. The average Bonchev–Trinajstić information content (AvgIpc) is 3.04. The summed E-state index contributed by atoms with van der Waals surface area (Å²) in [5.41, 5.74) is 1.52. The monoisotopic (exact) mass is 346 g/mol. The summed E-state index contributed by atoms with van der Waals surface area (Å²) in [7, 11) is 0. The first kappa shape index (κ1) is 13.9. The van der Waals surface area contributed by atoms with Crippen LogP contribution in [0.4, 0.5) is 5.82 Å². The summed E-state index contributed by atoms with van der Waals surface area (Å²) in [5, 5.41) is 10.8. The van der Waals surface area contributed by atoms with Crippen molar-refractivity contribution in [2.75, 3.05) is 5.32 Å². The highest BCUT2D eigenvalue weighted by molar-refractivity contribution is 9.10. The summed E-state index contributed by atoms with van der Waals surface area (Å²) in [5.74, 6) is 0.391. The van der Waals surface area contributed by atoms with Gasteiger partial charge in [0.25, 0.3) is 5.91 Å². The van der Waals surface area contributed by atoms with Crippen molar-refractivity contribution in [1.82, 2.24) is 14.8 Å². The molecule has 0 unspecified atom stereocenters. The molecule has 5 nitrogen and oxygen atoms in total. The molecule has 2 heterocycles. The maximum absolute atomic E-state index is 12.5. The van der Waals surface area contributed by atoms with E-state index in [2.05, 4.69) is 38.4 Å². The largest absolute Gasteiger partial charge is 0.342 e. The Morgan fingerprint density at radius 2 is 2.24 bits per heavy atom. The molecule has 2 N–H and O–H groups in total. The highest BCUT2D eigenvalue weighted by atomic mass is 79.9. The van der Waals surface area contributed by atoms with E-state index in [0.29, 0.717) is 11.5 Å². The Balaban J connectivity index is 1.89. The number of halogens is 1. The summed E-state index contributed by atoms with van der Waals surface area (Å²) in [6, 6.07) is 9.52. The Hall–Kier alpha value is -2.08. The van der Waals surface area contributed by atoms with E-state index in [4.69, 9.17) is 0 Å². The lowest BCUT2D eigenvalue weighted by molar-refractivity contribution is 0.101. The number of aromatic amines is 1. The number of nitrogens with zero attached hydrogens (tertiary/aromatic N) is 2. The summed E-state index contributed by atoms with van der Waals surface area (Å²) < 4.78 is 2.84. The van der Waals surface area contributed by atoms with Gasteiger partial charge in [-0.3, -0.25) is 9.89 Å². The number of hydrogen-bond donors (Lipinski definition) is 2. The topological polar surface area (TPSA) is 62.7 Å². The SMILES string of the molecule is CCCn1cc(Br)cc1C(=O)Nc1n[nH]c2ccccc12. The zero-order valence-corrected chi connectivity index (χ0v) is 13.1. The Kier molecular flexibility index (Phi) is 3.79. The van der Waals surface area contributed by atoms with Gasteiger partial charge in [0.2, 0.25) is 0 Å². The van der Waals surface area contributed by atoms with Crippen molar-refractivity contribution in [2.45, 2.75) is 19.9 Å². The second-order valence-electron chi connectivity index (χ2n) is 4.81.